The Hall–Kier alpha value is -1.44. The molecule has 0 fully saturated rings. The Bertz CT molecular complexity index is 342. The number of rotatable bonds is 3. The van der Waals surface area contributed by atoms with Gasteiger partial charge in [0.2, 0.25) is 0 Å². The molecule has 0 aliphatic rings. The molecule has 0 aliphatic carbocycles. The molecule has 0 bridgehead atoms. The van der Waals surface area contributed by atoms with Gasteiger partial charge < -0.3 is 5.41 Å². The predicted octanol–water partition coefficient (Wildman–Crippen LogP) is 2.39. The third-order valence-electron chi connectivity index (χ3n) is 1.97. The van der Waals surface area contributed by atoms with E-state index in [4.69, 9.17) is 5.41 Å². The van der Waals surface area contributed by atoms with E-state index in [0.717, 1.165) is 16.7 Å². The van der Waals surface area contributed by atoms with Gasteiger partial charge in [0, 0.05) is 12.0 Å². The van der Waals surface area contributed by atoms with Crippen molar-refractivity contribution in [3.63, 3.8) is 0 Å². The van der Waals surface area contributed by atoms with Crippen LogP contribution in [0.15, 0.2) is 18.2 Å². The van der Waals surface area contributed by atoms with Crippen LogP contribution in [-0.2, 0) is 6.42 Å². The number of aryl methyl sites for hydroxylation is 1. The number of hydrogen-bond donors (Lipinski definition) is 1. The molecule has 1 aromatic rings. The van der Waals surface area contributed by atoms with E-state index >= 15 is 0 Å². The molecule has 0 atom stereocenters. The van der Waals surface area contributed by atoms with E-state index in [-0.39, 0.29) is 5.78 Å². The molecule has 0 amide bonds. The molecule has 1 aromatic carbocycles. The highest BCUT2D eigenvalue weighted by Gasteiger charge is 2.05. The number of carbonyl (C=O) groups is 1. The lowest BCUT2D eigenvalue weighted by molar-refractivity contribution is 0.101. The molecule has 0 heterocycles. The van der Waals surface area contributed by atoms with Crippen molar-refractivity contribution in [2.45, 2.75) is 20.3 Å². The van der Waals surface area contributed by atoms with Crippen LogP contribution in [0.25, 0.3) is 0 Å². The summed E-state index contributed by atoms with van der Waals surface area (Å²) in [5.41, 5.74) is 2.76. The van der Waals surface area contributed by atoms with Crippen molar-refractivity contribution in [2.75, 3.05) is 0 Å². The zero-order valence-electron chi connectivity index (χ0n) is 7.92. The van der Waals surface area contributed by atoms with Crippen LogP contribution in [0.1, 0.15) is 28.4 Å². The summed E-state index contributed by atoms with van der Waals surface area (Å²) in [7, 11) is 0. The van der Waals surface area contributed by atoms with Crippen molar-refractivity contribution in [3.05, 3.63) is 34.9 Å². The molecule has 1 N–H and O–H groups in total. The average molecular weight is 175 g/mol. The number of carbonyl (C=O) groups excluding carboxylic acids is 1. The van der Waals surface area contributed by atoms with Crippen LogP contribution < -0.4 is 0 Å². The normalized spacial score (nSPS) is 9.69. The SMILES string of the molecule is CC(=O)c1cc(C)ccc1CC=N. The fraction of sp³-hybridized carbons (Fsp3) is 0.273. The predicted molar refractivity (Wildman–Crippen MR) is 53.7 cm³/mol. The molecule has 0 unspecified atom stereocenters. The summed E-state index contributed by atoms with van der Waals surface area (Å²) < 4.78 is 0. The van der Waals surface area contributed by atoms with E-state index in [1.807, 2.05) is 25.1 Å². The highest BCUT2D eigenvalue weighted by molar-refractivity contribution is 5.96. The van der Waals surface area contributed by atoms with Crippen molar-refractivity contribution in [3.8, 4) is 0 Å². The van der Waals surface area contributed by atoms with Crippen LogP contribution >= 0.6 is 0 Å². The molecule has 2 heteroatoms. The number of nitrogens with one attached hydrogen (secondary N) is 1. The Morgan fingerprint density at radius 2 is 2.23 bits per heavy atom. The van der Waals surface area contributed by atoms with Gasteiger partial charge in [0.25, 0.3) is 0 Å². The van der Waals surface area contributed by atoms with Crippen LogP contribution in [-0.4, -0.2) is 12.0 Å². The molecule has 0 aliphatic heterocycles. The number of Topliss-reactive ketones (excluding diaryl/α,β-unsaturated/α-hetero) is 1. The van der Waals surface area contributed by atoms with Crippen LogP contribution in [0.4, 0.5) is 0 Å². The Balaban J connectivity index is 3.17. The second kappa shape index (κ2) is 3.99. The van der Waals surface area contributed by atoms with E-state index in [1.54, 1.807) is 6.92 Å². The van der Waals surface area contributed by atoms with Crippen molar-refractivity contribution in [2.24, 2.45) is 0 Å². The second-order valence-corrected chi connectivity index (χ2v) is 3.13. The highest BCUT2D eigenvalue weighted by atomic mass is 16.1. The number of ketones is 1. The Morgan fingerprint density at radius 3 is 2.77 bits per heavy atom. The van der Waals surface area contributed by atoms with Gasteiger partial charge in [-0.2, -0.15) is 0 Å². The zero-order valence-corrected chi connectivity index (χ0v) is 7.92. The maximum absolute atomic E-state index is 11.2. The standard InChI is InChI=1S/C11H13NO/c1-8-3-4-10(5-6-12)11(7-8)9(2)13/h3-4,6-7,12H,5H2,1-2H3. The number of hydrogen-bond acceptors (Lipinski definition) is 2. The fourth-order valence-electron chi connectivity index (χ4n) is 1.31. The van der Waals surface area contributed by atoms with Crippen molar-refractivity contribution >= 4 is 12.0 Å². The smallest absolute Gasteiger partial charge is 0.160 e. The summed E-state index contributed by atoms with van der Waals surface area (Å²) in [5.74, 6) is 0.0700. The van der Waals surface area contributed by atoms with E-state index < -0.39 is 0 Å². The minimum absolute atomic E-state index is 0.0700. The van der Waals surface area contributed by atoms with Crippen LogP contribution in [0, 0.1) is 12.3 Å². The summed E-state index contributed by atoms with van der Waals surface area (Å²) >= 11 is 0. The first-order chi connectivity index (χ1) is 6.15. The first-order valence-corrected chi connectivity index (χ1v) is 4.24. The van der Waals surface area contributed by atoms with Crippen molar-refractivity contribution in [1.29, 1.82) is 5.41 Å². The van der Waals surface area contributed by atoms with Gasteiger partial charge in [-0.05, 0) is 31.7 Å². The molecule has 0 saturated carbocycles. The topological polar surface area (TPSA) is 40.9 Å². The van der Waals surface area contributed by atoms with Gasteiger partial charge in [-0.1, -0.05) is 17.7 Å². The Morgan fingerprint density at radius 1 is 1.54 bits per heavy atom. The molecule has 13 heavy (non-hydrogen) atoms. The molecule has 2 nitrogen and oxygen atoms in total. The van der Waals surface area contributed by atoms with Gasteiger partial charge in [0.15, 0.2) is 5.78 Å². The van der Waals surface area contributed by atoms with Gasteiger partial charge in [-0.15, -0.1) is 0 Å². The maximum atomic E-state index is 11.2. The van der Waals surface area contributed by atoms with E-state index in [2.05, 4.69) is 0 Å². The highest BCUT2D eigenvalue weighted by Crippen LogP contribution is 2.12. The summed E-state index contributed by atoms with van der Waals surface area (Å²) in [4.78, 5) is 11.2. The Labute approximate surface area is 78.1 Å². The van der Waals surface area contributed by atoms with Gasteiger partial charge in [0.1, 0.15) is 0 Å². The maximum Gasteiger partial charge on any atom is 0.160 e. The molecule has 0 radical (unpaired) electrons. The fourth-order valence-corrected chi connectivity index (χ4v) is 1.31. The third kappa shape index (κ3) is 2.25. The quantitative estimate of drug-likeness (QED) is 0.556. The second-order valence-electron chi connectivity index (χ2n) is 3.13. The monoisotopic (exact) mass is 175 g/mol. The third-order valence-corrected chi connectivity index (χ3v) is 1.97. The first-order valence-electron chi connectivity index (χ1n) is 4.24. The number of benzene rings is 1. The minimum atomic E-state index is 0.0700. The summed E-state index contributed by atoms with van der Waals surface area (Å²) in [6, 6.07) is 5.75. The zero-order chi connectivity index (χ0) is 9.84. The van der Waals surface area contributed by atoms with Crippen molar-refractivity contribution in [1.82, 2.24) is 0 Å². The molecule has 0 spiro atoms. The van der Waals surface area contributed by atoms with Crippen molar-refractivity contribution < 1.29 is 4.79 Å². The summed E-state index contributed by atoms with van der Waals surface area (Å²) in [5, 5.41) is 7.00. The molecular formula is C11H13NO. The van der Waals surface area contributed by atoms with Crippen LogP contribution in [0.2, 0.25) is 0 Å². The van der Waals surface area contributed by atoms with Gasteiger partial charge >= 0.3 is 0 Å². The molecule has 0 aromatic heterocycles. The van der Waals surface area contributed by atoms with Crippen LogP contribution in [0.5, 0.6) is 0 Å². The minimum Gasteiger partial charge on any atom is -0.313 e. The summed E-state index contributed by atoms with van der Waals surface area (Å²) in [6.45, 7) is 3.52. The van der Waals surface area contributed by atoms with Gasteiger partial charge in [-0.25, -0.2) is 0 Å². The van der Waals surface area contributed by atoms with E-state index in [0.29, 0.717) is 6.42 Å². The summed E-state index contributed by atoms with van der Waals surface area (Å²) in [6.07, 6.45) is 1.85. The van der Waals surface area contributed by atoms with Crippen LogP contribution in [0.3, 0.4) is 0 Å². The van der Waals surface area contributed by atoms with Gasteiger partial charge in [0.05, 0.1) is 0 Å². The first kappa shape index (κ1) is 9.65. The molecule has 0 saturated heterocycles. The van der Waals surface area contributed by atoms with E-state index in [1.165, 1.54) is 6.21 Å². The largest absolute Gasteiger partial charge is 0.313 e. The average Bonchev–Trinajstić information content (AvgIpc) is 2.08. The lowest BCUT2D eigenvalue weighted by atomic mass is 10.00. The van der Waals surface area contributed by atoms with Gasteiger partial charge in [-0.3, -0.25) is 4.79 Å². The van der Waals surface area contributed by atoms with E-state index in [9.17, 15) is 4.79 Å². The molecule has 1 rings (SSSR count). The molecular weight excluding hydrogens is 162 g/mol. The molecule has 68 valence electrons. The lowest BCUT2D eigenvalue weighted by Gasteiger charge is -2.04. The lowest BCUT2D eigenvalue weighted by Crippen LogP contribution is -2.00. The Kier molecular flexibility index (Phi) is 2.96.